The van der Waals surface area contributed by atoms with Crippen LogP contribution in [-0.4, -0.2) is 4.98 Å². The molecule has 0 fully saturated rings. The fourth-order valence-electron chi connectivity index (χ4n) is 2.18. The van der Waals surface area contributed by atoms with Crippen molar-refractivity contribution in [2.24, 2.45) is 0 Å². The molecule has 0 unspecified atom stereocenters. The van der Waals surface area contributed by atoms with Gasteiger partial charge >= 0.3 is 0 Å². The van der Waals surface area contributed by atoms with Gasteiger partial charge in [0.05, 0.1) is 11.7 Å². The Balaban J connectivity index is 1.84. The van der Waals surface area contributed by atoms with Gasteiger partial charge in [-0.2, -0.15) is 0 Å². The van der Waals surface area contributed by atoms with Crippen molar-refractivity contribution in [3.05, 3.63) is 74.9 Å². The van der Waals surface area contributed by atoms with Gasteiger partial charge in [0.2, 0.25) is 0 Å². The van der Waals surface area contributed by atoms with Crippen molar-refractivity contribution in [1.82, 2.24) is 10.3 Å². The van der Waals surface area contributed by atoms with Crippen molar-refractivity contribution in [2.45, 2.75) is 19.0 Å². The molecule has 0 aromatic carbocycles. The number of hydrogen-bond donors (Lipinski definition) is 1. The highest BCUT2D eigenvalue weighted by atomic mass is 32.1. The molecule has 0 aliphatic rings. The molecule has 0 bridgehead atoms. The minimum Gasteiger partial charge on any atom is -0.297 e. The molecule has 0 amide bonds. The lowest BCUT2D eigenvalue weighted by atomic mass is 10.1. The molecule has 1 N–H and O–H groups in total. The molecule has 2 nitrogen and oxygen atoms in total. The number of pyridine rings is 1. The van der Waals surface area contributed by atoms with E-state index in [1.807, 2.05) is 18.3 Å². The van der Waals surface area contributed by atoms with E-state index < -0.39 is 0 Å². The first kappa shape index (κ1) is 13.5. The summed E-state index contributed by atoms with van der Waals surface area (Å²) in [6, 6.07) is 15.1. The predicted octanol–water partition coefficient (Wildman–Crippen LogP) is 4.64. The van der Waals surface area contributed by atoms with Gasteiger partial charge in [0, 0.05) is 22.0 Å². The summed E-state index contributed by atoms with van der Waals surface area (Å²) in [6.45, 7) is 2.16. The quantitative estimate of drug-likeness (QED) is 0.742. The third kappa shape index (κ3) is 2.98. The maximum Gasteiger partial charge on any atom is 0.0769 e. The van der Waals surface area contributed by atoms with E-state index in [9.17, 15) is 0 Å². The fraction of sp³-hybridized carbons (Fsp3) is 0.188. The Labute approximate surface area is 127 Å². The van der Waals surface area contributed by atoms with E-state index in [4.69, 9.17) is 0 Å². The molecule has 0 spiro atoms. The fourth-order valence-corrected chi connectivity index (χ4v) is 3.86. The zero-order valence-electron chi connectivity index (χ0n) is 11.2. The van der Waals surface area contributed by atoms with E-state index in [0.29, 0.717) is 0 Å². The van der Waals surface area contributed by atoms with Gasteiger partial charge in [-0.1, -0.05) is 18.2 Å². The van der Waals surface area contributed by atoms with Crippen molar-refractivity contribution < 1.29 is 0 Å². The van der Waals surface area contributed by atoms with E-state index >= 15 is 0 Å². The highest BCUT2D eigenvalue weighted by Gasteiger charge is 2.19. The van der Waals surface area contributed by atoms with Crippen LogP contribution < -0.4 is 5.32 Å². The molecule has 3 rings (SSSR count). The first-order valence-electron chi connectivity index (χ1n) is 6.58. The summed E-state index contributed by atoms with van der Waals surface area (Å²) in [4.78, 5) is 7.12. The highest BCUT2D eigenvalue weighted by Crippen LogP contribution is 2.31. The lowest BCUT2D eigenvalue weighted by Gasteiger charge is -2.21. The summed E-state index contributed by atoms with van der Waals surface area (Å²) in [6.07, 6.45) is 1.85. The van der Waals surface area contributed by atoms with Crippen molar-refractivity contribution >= 4 is 22.7 Å². The SMILES string of the molecule is C[C@@H](NC(c1cccs1)c1cccs1)c1ccccn1. The first-order valence-corrected chi connectivity index (χ1v) is 8.34. The molecular formula is C16H16N2S2. The summed E-state index contributed by atoms with van der Waals surface area (Å²) in [5, 5.41) is 7.95. The van der Waals surface area contributed by atoms with Crippen LogP contribution in [0.15, 0.2) is 59.4 Å². The molecular weight excluding hydrogens is 284 g/mol. The zero-order chi connectivity index (χ0) is 13.8. The summed E-state index contributed by atoms with van der Waals surface area (Å²) < 4.78 is 0. The Bertz CT molecular complexity index is 584. The standard InChI is InChI=1S/C16H16N2S2/c1-12(13-6-2-3-9-17-13)18-16(14-7-4-10-19-14)15-8-5-11-20-15/h2-12,16,18H,1H3/t12-/m1/s1. The van der Waals surface area contributed by atoms with Gasteiger partial charge in [0.15, 0.2) is 0 Å². The van der Waals surface area contributed by atoms with E-state index in [-0.39, 0.29) is 12.1 Å². The molecule has 3 aromatic heterocycles. The van der Waals surface area contributed by atoms with Gasteiger partial charge in [-0.05, 0) is 41.9 Å². The lowest BCUT2D eigenvalue weighted by Crippen LogP contribution is -2.24. The monoisotopic (exact) mass is 300 g/mol. The number of thiophene rings is 2. The van der Waals surface area contributed by atoms with Crippen LogP contribution in [0, 0.1) is 0 Å². The van der Waals surface area contributed by atoms with Gasteiger partial charge < -0.3 is 0 Å². The molecule has 20 heavy (non-hydrogen) atoms. The average Bonchev–Trinajstić information content (AvgIpc) is 3.19. The van der Waals surface area contributed by atoms with Gasteiger partial charge in [-0.25, -0.2) is 0 Å². The van der Waals surface area contributed by atoms with Crippen LogP contribution in [0.2, 0.25) is 0 Å². The Morgan fingerprint density at radius 3 is 2.15 bits per heavy atom. The van der Waals surface area contributed by atoms with Gasteiger partial charge in [-0.15, -0.1) is 22.7 Å². The van der Waals surface area contributed by atoms with Crippen molar-refractivity contribution in [2.75, 3.05) is 0 Å². The van der Waals surface area contributed by atoms with E-state index in [0.717, 1.165) is 5.69 Å². The van der Waals surface area contributed by atoms with Crippen LogP contribution in [0.25, 0.3) is 0 Å². The Morgan fingerprint density at radius 2 is 1.65 bits per heavy atom. The second-order valence-electron chi connectivity index (χ2n) is 4.61. The molecule has 102 valence electrons. The Morgan fingerprint density at radius 1 is 0.950 bits per heavy atom. The molecule has 0 saturated heterocycles. The Hall–Kier alpha value is -1.49. The van der Waals surface area contributed by atoms with E-state index in [1.54, 1.807) is 22.7 Å². The number of hydrogen-bond acceptors (Lipinski definition) is 4. The topological polar surface area (TPSA) is 24.9 Å². The van der Waals surface area contributed by atoms with E-state index in [1.165, 1.54) is 9.75 Å². The lowest BCUT2D eigenvalue weighted by molar-refractivity contribution is 0.516. The van der Waals surface area contributed by atoms with Crippen LogP contribution >= 0.6 is 22.7 Å². The summed E-state index contributed by atoms with van der Waals surface area (Å²) in [5.41, 5.74) is 1.07. The van der Waals surface area contributed by atoms with Crippen LogP contribution in [0.5, 0.6) is 0 Å². The highest BCUT2D eigenvalue weighted by molar-refractivity contribution is 7.11. The molecule has 0 saturated carbocycles. The number of nitrogens with one attached hydrogen (secondary N) is 1. The molecule has 4 heteroatoms. The smallest absolute Gasteiger partial charge is 0.0769 e. The van der Waals surface area contributed by atoms with Crippen molar-refractivity contribution in [3.8, 4) is 0 Å². The van der Waals surface area contributed by atoms with Crippen LogP contribution in [0.1, 0.15) is 34.5 Å². The number of rotatable bonds is 5. The average molecular weight is 300 g/mol. The third-order valence-corrected chi connectivity index (χ3v) is 5.08. The summed E-state index contributed by atoms with van der Waals surface area (Å²) >= 11 is 3.58. The number of nitrogens with zero attached hydrogens (tertiary/aromatic N) is 1. The van der Waals surface area contributed by atoms with Gasteiger partial charge in [0.1, 0.15) is 0 Å². The Kier molecular flexibility index (Phi) is 4.25. The predicted molar refractivity (Wildman–Crippen MR) is 86.3 cm³/mol. The maximum absolute atomic E-state index is 4.44. The molecule has 0 aliphatic carbocycles. The van der Waals surface area contributed by atoms with Crippen molar-refractivity contribution in [3.63, 3.8) is 0 Å². The zero-order valence-corrected chi connectivity index (χ0v) is 12.8. The first-order chi connectivity index (χ1) is 9.84. The van der Waals surface area contributed by atoms with Crippen LogP contribution in [0.3, 0.4) is 0 Å². The largest absolute Gasteiger partial charge is 0.297 e. The third-order valence-electron chi connectivity index (χ3n) is 3.20. The van der Waals surface area contributed by atoms with Crippen LogP contribution in [-0.2, 0) is 0 Å². The second kappa shape index (κ2) is 6.31. The minimum atomic E-state index is 0.213. The van der Waals surface area contributed by atoms with Gasteiger partial charge in [-0.3, -0.25) is 10.3 Å². The summed E-state index contributed by atoms with van der Waals surface area (Å²) in [7, 11) is 0. The molecule has 0 radical (unpaired) electrons. The maximum atomic E-state index is 4.44. The van der Waals surface area contributed by atoms with E-state index in [2.05, 4.69) is 58.3 Å². The van der Waals surface area contributed by atoms with Gasteiger partial charge in [0.25, 0.3) is 0 Å². The molecule has 0 aliphatic heterocycles. The minimum absolute atomic E-state index is 0.213. The molecule has 3 heterocycles. The number of aromatic nitrogens is 1. The van der Waals surface area contributed by atoms with Crippen molar-refractivity contribution in [1.29, 1.82) is 0 Å². The second-order valence-corrected chi connectivity index (χ2v) is 6.57. The molecule has 3 aromatic rings. The van der Waals surface area contributed by atoms with Crippen LogP contribution in [0.4, 0.5) is 0 Å². The summed E-state index contributed by atoms with van der Waals surface area (Å²) in [5.74, 6) is 0. The normalized spacial score (nSPS) is 12.7. The molecule has 1 atom stereocenters.